The van der Waals surface area contributed by atoms with Crippen molar-refractivity contribution in [1.29, 1.82) is 0 Å². The van der Waals surface area contributed by atoms with Gasteiger partial charge in [-0.15, -0.1) is 0 Å². The van der Waals surface area contributed by atoms with E-state index in [0.29, 0.717) is 6.04 Å². The van der Waals surface area contributed by atoms with Crippen LogP contribution in [0, 0.1) is 6.92 Å². The summed E-state index contributed by atoms with van der Waals surface area (Å²) in [5.74, 6) is 0. The first kappa shape index (κ1) is 8.76. The lowest BCUT2D eigenvalue weighted by Crippen LogP contribution is -2.21. The molecule has 0 heterocycles. The van der Waals surface area contributed by atoms with E-state index in [1.165, 1.54) is 30.4 Å². The Morgan fingerprint density at radius 1 is 1.38 bits per heavy atom. The first-order valence-corrected chi connectivity index (χ1v) is 5.08. The highest BCUT2D eigenvalue weighted by atomic mass is 14.9. The highest BCUT2D eigenvalue weighted by Crippen LogP contribution is 2.29. The van der Waals surface area contributed by atoms with Crippen LogP contribution < -0.4 is 5.32 Å². The fourth-order valence-corrected chi connectivity index (χ4v) is 2.24. The second kappa shape index (κ2) is 3.51. The lowest BCUT2D eigenvalue weighted by atomic mass is 9.87. The van der Waals surface area contributed by atoms with E-state index in [9.17, 15) is 0 Å². The van der Waals surface area contributed by atoms with Gasteiger partial charge < -0.3 is 5.32 Å². The maximum atomic E-state index is 3.38. The summed E-state index contributed by atoms with van der Waals surface area (Å²) in [5, 5.41) is 3.38. The molecule has 13 heavy (non-hydrogen) atoms. The molecule has 0 aliphatic heterocycles. The molecule has 1 atom stereocenters. The molecule has 1 aliphatic carbocycles. The van der Waals surface area contributed by atoms with Crippen LogP contribution in [0.3, 0.4) is 0 Å². The third-order valence-corrected chi connectivity index (χ3v) is 2.96. The predicted octanol–water partition coefficient (Wildman–Crippen LogP) is 2.59. The Balaban J connectivity index is 2.40. The maximum Gasteiger partial charge on any atom is 0.0320 e. The fourth-order valence-electron chi connectivity index (χ4n) is 2.24. The van der Waals surface area contributed by atoms with E-state index in [-0.39, 0.29) is 0 Å². The molecule has 0 radical (unpaired) electrons. The second-order valence-corrected chi connectivity index (χ2v) is 3.94. The summed E-state index contributed by atoms with van der Waals surface area (Å²) in [6, 6.07) is 7.42. The lowest BCUT2D eigenvalue weighted by molar-refractivity contribution is 0.496. The lowest BCUT2D eigenvalue weighted by Gasteiger charge is -2.25. The SMILES string of the molecule is CNC1CCCc2cc(C)ccc21. The topological polar surface area (TPSA) is 12.0 Å². The molecule has 1 aromatic carbocycles. The molecule has 0 amide bonds. The smallest absolute Gasteiger partial charge is 0.0320 e. The fraction of sp³-hybridized carbons (Fsp3) is 0.500. The number of benzene rings is 1. The average Bonchev–Trinajstić information content (AvgIpc) is 2.16. The standard InChI is InChI=1S/C12H17N/c1-9-6-7-11-10(8-9)4-3-5-12(11)13-2/h6-8,12-13H,3-5H2,1-2H3. The molecule has 1 aliphatic rings. The van der Waals surface area contributed by atoms with E-state index >= 15 is 0 Å². The van der Waals surface area contributed by atoms with Crippen molar-refractivity contribution >= 4 is 0 Å². The Bertz CT molecular complexity index is 304. The van der Waals surface area contributed by atoms with E-state index in [1.807, 2.05) is 0 Å². The highest BCUT2D eigenvalue weighted by molar-refractivity contribution is 5.35. The molecular weight excluding hydrogens is 158 g/mol. The molecule has 0 fully saturated rings. The van der Waals surface area contributed by atoms with Crippen LogP contribution >= 0.6 is 0 Å². The van der Waals surface area contributed by atoms with Crippen molar-refractivity contribution in [2.24, 2.45) is 0 Å². The Morgan fingerprint density at radius 2 is 2.23 bits per heavy atom. The molecule has 1 aromatic rings. The predicted molar refractivity (Wildman–Crippen MR) is 55.9 cm³/mol. The van der Waals surface area contributed by atoms with E-state index in [2.05, 4.69) is 37.5 Å². The van der Waals surface area contributed by atoms with Gasteiger partial charge in [-0.1, -0.05) is 23.8 Å². The van der Waals surface area contributed by atoms with Gasteiger partial charge in [0, 0.05) is 6.04 Å². The van der Waals surface area contributed by atoms with E-state index in [1.54, 1.807) is 5.56 Å². The minimum absolute atomic E-state index is 0.587. The first-order chi connectivity index (χ1) is 6.31. The number of aryl methyl sites for hydroxylation is 2. The molecule has 1 N–H and O–H groups in total. The second-order valence-electron chi connectivity index (χ2n) is 3.94. The normalized spacial score (nSPS) is 21.2. The zero-order valence-electron chi connectivity index (χ0n) is 8.43. The molecule has 70 valence electrons. The summed E-state index contributed by atoms with van der Waals surface area (Å²) >= 11 is 0. The van der Waals surface area contributed by atoms with Crippen LogP contribution in [0.4, 0.5) is 0 Å². The monoisotopic (exact) mass is 175 g/mol. The van der Waals surface area contributed by atoms with Gasteiger partial charge in [0.2, 0.25) is 0 Å². The minimum Gasteiger partial charge on any atom is -0.313 e. The Kier molecular flexibility index (Phi) is 2.36. The first-order valence-electron chi connectivity index (χ1n) is 5.08. The summed E-state index contributed by atoms with van der Waals surface area (Å²) in [4.78, 5) is 0. The number of nitrogens with one attached hydrogen (secondary N) is 1. The third-order valence-electron chi connectivity index (χ3n) is 2.96. The largest absolute Gasteiger partial charge is 0.313 e. The van der Waals surface area contributed by atoms with Crippen molar-refractivity contribution in [3.05, 3.63) is 34.9 Å². The van der Waals surface area contributed by atoms with Crippen LogP contribution in [-0.4, -0.2) is 7.05 Å². The summed E-state index contributed by atoms with van der Waals surface area (Å²) in [6.07, 6.45) is 3.86. The van der Waals surface area contributed by atoms with Gasteiger partial charge in [0.15, 0.2) is 0 Å². The number of rotatable bonds is 1. The summed E-state index contributed by atoms with van der Waals surface area (Å²) in [6.45, 7) is 2.17. The summed E-state index contributed by atoms with van der Waals surface area (Å²) in [5.41, 5.74) is 4.44. The van der Waals surface area contributed by atoms with Gasteiger partial charge in [-0.05, 0) is 44.4 Å². The van der Waals surface area contributed by atoms with Crippen molar-refractivity contribution in [1.82, 2.24) is 5.32 Å². The molecule has 0 spiro atoms. The molecule has 0 saturated carbocycles. The molecule has 0 aromatic heterocycles. The van der Waals surface area contributed by atoms with Crippen molar-refractivity contribution in [2.75, 3.05) is 7.05 Å². The summed E-state index contributed by atoms with van der Waals surface area (Å²) < 4.78 is 0. The van der Waals surface area contributed by atoms with Crippen LogP contribution in [0.2, 0.25) is 0 Å². The summed E-state index contributed by atoms with van der Waals surface area (Å²) in [7, 11) is 2.06. The van der Waals surface area contributed by atoms with Crippen LogP contribution in [0.1, 0.15) is 35.6 Å². The molecular formula is C12H17N. The number of fused-ring (bicyclic) bond motifs is 1. The van der Waals surface area contributed by atoms with E-state index in [4.69, 9.17) is 0 Å². The van der Waals surface area contributed by atoms with Gasteiger partial charge in [-0.2, -0.15) is 0 Å². The Labute approximate surface area is 80.2 Å². The van der Waals surface area contributed by atoms with Crippen LogP contribution in [0.25, 0.3) is 0 Å². The van der Waals surface area contributed by atoms with E-state index in [0.717, 1.165) is 0 Å². The van der Waals surface area contributed by atoms with Crippen LogP contribution in [0.5, 0.6) is 0 Å². The van der Waals surface area contributed by atoms with Crippen molar-refractivity contribution in [3.8, 4) is 0 Å². The molecule has 0 saturated heterocycles. The zero-order chi connectivity index (χ0) is 9.26. The average molecular weight is 175 g/mol. The van der Waals surface area contributed by atoms with Crippen molar-refractivity contribution < 1.29 is 0 Å². The Morgan fingerprint density at radius 3 is 3.00 bits per heavy atom. The molecule has 1 nitrogen and oxygen atoms in total. The van der Waals surface area contributed by atoms with Crippen molar-refractivity contribution in [2.45, 2.75) is 32.2 Å². The molecule has 0 bridgehead atoms. The molecule has 2 rings (SSSR count). The minimum atomic E-state index is 0.587. The van der Waals surface area contributed by atoms with Gasteiger partial charge in [0.05, 0.1) is 0 Å². The quantitative estimate of drug-likeness (QED) is 0.691. The molecule has 1 heteroatoms. The highest BCUT2D eigenvalue weighted by Gasteiger charge is 2.17. The van der Waals surface area contributed by atoms with Gasteiger partial charge in [0.1, 0.15) is 0 Å². The Hall–Kier alpha value is -0.820. The number of hydrogen-bond acceptors (Lipinski definition) is 1. The van der Waals surface area contributed by atoms with Gasteiger partial charge in [-0.25, -0.2) is 0 Å². The van der Waals surface area contributed by atoms with Crippen LogP contribution in [0.15, 0.2) is 18.2 Å². The van der Waals surface area contributed by atoms with Gasteiger partial charge in [-0.3, -0.25) is 0 Å². The van der Waals surface area contributed by atoms with Gasteiger partial charge >= 0.3 is 0 Å². The zero-order valence-corrected chi connectivity index (χ0v) is 8.43. The van der Waals surface area contributed by atoms with Crippen LogP contribution in [-0.2, 0) is 6.42 Å². The van der Waals surface area contributed by atoms with Gasteiger partial charge in [0.25, 0.3) is 0 Å². The van der Waals surface area contributed by atoms with E-state index < -0.39 is 0 Å². The van der Waals surface area contributed by atoms with Crippen molar-refractivity contribution in [3.63, 3.8) is 0 Å². The third kappa shape index (κ3) is 1.61. The number of hydrogen-bond donors (Lipinski definition) is 1. The molecule has 1 unspecified atom stereocenters. The maximum absolute atomic E-state index is 3.38.